The number of rotatable bonds is 18. The summed E-state index contributed by atoms with van der Waals surface area (Å²) in [6, 6.07) is 50.6. The largest absolute Gasteiger partial charge is 1.00 e. The number of carbonyl (C=O) groups is 6. The van der Waals surface area contributed by atoms with E-state index >= 15 is 0 Å². The van der Waals surface area contributed by atoms with Crippen molar-refractivity contribution in [1.29, 1.82) is 0 Å². The van der Waals surface area contributed by atoms with E-state index in [1.54, 1.807) is 61.5 Å². The molecule has 8 unspecified atom stereocenters. The van der Waals surface area contributed by atoms with Crippen molar-refractivity contribution in [2.45, 2.75) is 277 Å². The van der Waals surface area contributed by atoms with Crippen LogP contribution in [-0.4, -0.2) is 135 Å². The molecule has 0 radical (unpaired) electrons. The van der Waals surface area contributed by atoms with Crippen LogP contribution < -0.4 is 82.9 Å². The number of carboxylic acid groups (broad SMARTS) is 2. The quantitative estimate of drug-likeness (QED) is 0.0137. The Hall–Kier alpha value is -9.06. The van der Waals surface area contributed by atoms with Gasteiger partial charge in [-0.2, -0.15) is 0 Å². The molecule has 0 spiro atoms. The summed E-state index contributed by atoms with van der Waals surface area (Å²) >= 11 is 3.12. The molecule has 5 heterocycles. The second-order valence-corrected chi connectivity index (χ2v) is 47.3. The first kappa shape index (κ1) is 119. The van der Waals surface area contributed by atoms with E-state index in [9.17, 15) is 41.4 Å². The van der Waals surface area contributed by atoms with Crippen LogP contribution in [0.3, 0.4) is 0 Å². The van der Waals surface area contributed by atoms with Gasteiger partial charge in [-0.05, 0) is 371 Å². The molecule has 7 saturated carbocycles. The summed E-state index contributed by atoms with van der Waals surface area (Å²) < 4.78 is 91.8. The zero-order valence-electron chi connectivity index (χ0n) is 87.9. The summed E-state index contributed by atoms with van der Waals surface area (Å²) in [6.45, 7) is 28.7. The molecule has 20 rings (SSSR count). The maximum atomic E-state index is 14.6. The van der Waals surface area contributed by atoms with E-state index in [2.05, 4.69) is 108 Å². The van der Waals surface area contributed by atoms with Crippen LogP contribution in [0.1, 0.15) is 260 Å². The average molecular weight is 2380 g/mol. The van der Waals surface area contributed by atoms with Gasteiger partial charge in [0.15, 0.2) is 0 Å². The molecule has 7 fully saturated rings. The first-order valence-electron chi connectivity index (χ1n) is 49.3. The number of fused-ring (bicyclic) bond motifs is 5. The minimum atomic E-state index is -1.42. The van der Waals surface area contributed by atoms with Crippen LogP contribution in [0.2, 0.25) is 0 Å². The third-order valence-electron chi connectivity index (χ3n) is 25.5. The third kappa shape index (κ3) is 37.3. The van der Waals surface area contributed by atoms with Gasteiger partial charge in [0.2, 0.25) is 0 Å². The number of esters is 4. The Morgan fingerprint density at radius 1 is 0.455 bits per heavy atom. The van der Waals surface area contributed by atoms with Crippen LogP contribution in [0, 0.1) is 48.5 Å². The molecule has 0 saturated heterocycles. The first-order chi connectivity index (χ1) is 66.6. The minimum absolute atomic E-state index is 0. The van der Waals surface area contributed by atoms with Crippen LogP contribution in [-0.2, 0) is 122 Å². The molecule has 3 N–H and O–H groups in total. The second kappa shape index (κ2) is 52.9. The summed E-state index contributed by atoms with van der Waals surface area (Å²) in [6.07, 6.45) is 32.9. The second-order valence-electron chi connectivity index (χ2n) is 43.0. The van der Waals surface area contributed by atoms with E-state index in [-0.39, 0.29) is 178 Å². The Labute approximate surface area is 918 Å². The number of hydrogen-bond donors (Lipinski definition) is 3. The number of aliphatic carboxylic acids is 2. The molecule has 8 aromatic carbocycles. The number of pyridine rings is 2. The van der Waals surface area contributed by atoms with Gasteiger partial charge in [0.1, 0.15) is 75.9 Å². The van der Waals surface area contributed by atoms with E-state index in [1.165, 1.54) is 99.0 Å². The standard InChI is InChI=1S/C27H32FNO3.C23H24FNO3.C17H23NO2.C17H19NO2.C16H17NO2.C10H10BrFO.C3H9OS.C2H4O2.CH3.HI.Na.Pt.H/c1-27(2,3)32-26(30)23-15-22(23)18-7-8-19-16-29(12-11-17(19)13-18)25-14-21(9-10-24(25)28)31-20-5-4-6-20;24-21-7-6-18(28-17-2-1-3-17)11-22(21)25-9-8-14-10-15(4-5-16(14)13-25)19-12-20(19)23(26)27;2*1-17(2,3)20-16(19)15-9-14(15)12-4-5-13-10-18-7-6-11(13)8-12;1-16(2,3)19-15(18)7-5-12-4-6-14-11-17-9-8-13(14)10-12;11-9-6-8(4-5-10(9)12)13-7-2-1-3-7;1-5(2,3)4;1-2(3)4;;;;;/h7-10,13-14,20,22-23H,4-6,11-12,15-16H2,1-3H3;4-7,10-11,17,19-20H,1-3,8-9,12-13H2,(H,26,27);4-5,8,14-15,18H,6-7,9-10H2,1-3H3;4-8,10,14-15H,9H2,1-3H3;4-11H,1-3H3;4-7H,1-3H2;1-3H3;1H3,(H,3,4);1H3;1H;;;/q;;;;;;+1;;-1;;+1;;-1/p-1/b;;;;7-5+;;;;;;;;. The Kier molecular flexibility index (Phi) is 43.6. The number of halogens is 5. The van der Waals surface area contributed by atoms with Crippen molar-refractivity contribution in [2.75, 3.05) is 48.2 Å². The number of carbonyl (C=O) groups excluding carboxylic acids is 4. The predicted molar refractivity (Wildman–Crippen MR) is 560 cm³/mol. The Bertz CT molecular complexity index is 6210. The molecular formula is C116H142BrF3IN5NaO16PtS-. The number of carboxylic acids is 2. The van der Waals surface area contributed by atoms with Crippen LogP contribution in [0.15, 0.2) is 193 Å². The van der Waals surface area contributed by atoms with Gasteiger partial charge in [0, 0.05) is 114 Å². The van der Waals surface area contributed by atoms with Gasteiger partial charge in [0.25, 0.3) is 5.97 Å². The molecule has 2 aromatic heterocycles. The molecule has 780 valence electrons. The molecule has 0 bridgehead atoms. The minimum Gasteiger partial charge on any atom is -1.00 e. The maximum absolute atomic E-state index is 14.6. The van der Waals surface area contributed by atoms with Crippen molar-refractivity contribution in [2.24, 2.45) is 23.7 Å². The van der Waals surface area contributed by atoms with Gasteiger partial charge >= 0.3 is 59.4 Å². The van der Waals surface area contributed by atoms with Crippen molar-refractivity contribution in [3.8, 4) is 17.2 Å². The number of nitrogens with zero attached hydrogens (tertiary/aromatic N) is 4. The number of hydrogen-bond acceptors (Lipinski definition) is 19. The van der Waals surface area contributed by atoms with E-state index in [0.717, 1.165) is 161 Å². The molecule has 3 aliphatic heterocycles. The molecule has 10 aliphatic rings. The Balaban J connectivity index is 0.000000212. The van der Waals surface area contributed by atoms with Gasteiger partial charge in [-0.3, -0.25) is 33.9 Å². The summed E-state index contributed by atoms with van der Waals surface area (Å²) in [4.78, 5) is 80.5. The summed E-state index contributed by atoms with van der Waals surface area (Å²) in [5, 5.41) is 24.4. The van der Waals surface area contributed by atoms with Crippen LogP contribution in [0.4, 0.5) is 24.5 Å². The third-order valence-corrected chi connectivity index (χ3v) is 26.2. The smallest absolute Gasteiger partial charge is 1.00 e. The zero-order valence-corrected chi connectivity index (χ0v) is 95.7. The van der Waals surface area contributed by atoms with Crippen molar-refractivity contribution < 1.29 is 166 Å². The molecule has 10 aromatic rings. The van der Waals surface area contributed by atoms with E-state index in [0.29, 0.717) is 46.9 Å². The fourth-order valence-corrected chi connectivity index (χ4v) is 17.8. The van der Waals surface area contributed by atoms with Gasteiger partial charge < -0.3 is 91.3 Å². The van der Waals surface area contributed by atoms with Crippen molar-refractivity contribution >= 4 is 101 Å². The number of anilines is 2. The predicted octanol–water partition coefficient (Wildman–Crippen LogP) is 18.9. The molecule has 29 heteroatoms. The number of aromatic nitrogens is 2. The number of nitrogens with one attached hydrogen (secondary N) is 1. The fourth-order valence-electron chi connectivity index (χ4n) is 17.4. The van der Waals surface area contributed by atoms with Crippen molar-refractivity contribution in [3.05, 3.63) is 279 Å². The molecule has 145 heavy (non-hydrogen) atoms. The van der Waals surface area contributed by atoms with Gasteiger partial charge in [-0.25, -0.2) is 18.0 Å². The SMILES string of the molecule is CC(=O)O.CC(C)(C)OC(=O)/C=C/c1ccc2cnccc2c1.CC(C)(C)OC(=O)C1CC1c1ccc2c(c1)CCN(c1cc(OC3CCC3)ccc1F)C2.CC(C)(C)OC(=O)C1CC1c1ccc2c(c1)CCNC2.CC(C)(C)OC(=O)C1CC1c1ccc2cnccc2c1.C[S+](C)(C)=O.Fc1ccc(OC2CCC2)cc1Br.O=C(O)C1CC1c1ccc2c(c1)CCN(c1cc(OC3CCC3)ccc1F)C2.[CH3-].[H-].[I-].[Na+].[Pt]. The molecule has 8 atom stereocenters. The average Bonchev–Trinajstić information content (AvgIpc) is 1.64. The molecule has 0 amide bonds. The molecular weight excluding hydrogens is 2230 g/mol. The van der Waals surface area contributed by atoms with E-state index in [4.69, 9.17) is 48.2 Å². The summed E-state index contributed by atoms with van der Waals surface area (Å²) in [5.74, 6) is 0.419. The fraction of sp³-hybridized carbons (Fsp3) is 0.457. The zero-order chi connectivity index (χ0) is 102. The van der Waals surface area contributed by atoms with Gasteiger partial charge in [-0.1, -0.05) is 84.9 Å². The maximum Gasteiger partial charge on any atom is 1.00 e. The van der Waals surface area contributed by atoms with Crippen molar-refractivity contribution in [3.63, 3.8) is 0 Å². The monoisotopic (exact) mass is 2370 g/mol. The topological polar surface area (TPSA) is 269 Å². The summed E-state index contributed by atoms with van der Waals surface area (Å²) in [5.41, 5.74) is 13.2. The normalized spacial score (nSPS) is 19.7. The number of ether oxygens (including phenoxy) is 7. The summed E-state index contributed by atoms with van der Waals surface area (Å²) in [7, 11) is -1.42. The first-order valence-corrected chi connectivity index (χ1v) is 52.9. The van der Waals surface area contributed by atoms with E-state index in [1.807, 2.05) is 144 Å². The van der Waals surface area contributed by atoms with E-state index < -0.39 is 38.7 Å². The number of benzene rings is 8. The van der Waals surface area contributed by atoms with Gasteiger partial charge in [0.05, 0.1) is 67.8 Å². The Morgan fingerprint density at radius 2 is 0.807 bits per heavy atom. The molecule has 7 aliphatic carbocycles. The molecule has 21 nitrogen and oxygen atoms in total. The van der Waals surface area contributed by atoms with Crippen LogP contribution in [0.5, 0.6) is 17.2 Å². The van der Waals surface area contributed by atoms with Crippen LogP contribution >= 0.6 is 15.9 Å². The Morgan fingerprint density at radius 3 is 1.19 bits per heavy atom. The van der Waals surface area contributed by atoms with Crippen molar-refractivity contribution in [1.82, 2.24) is 15.3 Å². The van der Waals surface area contributed by atoms with Gasteiger partial charge in [-0.15, -0.1) is 4.21 Å². The van der Waals surface area contributed by atoms with Crippen LogP contribution in [0.25, 0.3) is 27.6 Å².